The Labute approximate surface area is 166 Å². The first kappa shape index (κ1) is 20.2. The van der Waals surface area contributed by atoms with Crippen molar-refractivity contribution in [3.8, 4) is 5.82 Å². The van der Waals surface area contributed by atoms with Gasteiger partial charge in [0.1, 0.15) is 0 Å². The molecule has 0 radical (unpaired) electrons. The molecule has 0 spiro atoms. The van der Waals surface area contributed by atoms with Crippen LogP contribution < -0.4 is 5.32 Å². The Morgan fingerprint density at radius 2 is 2.04 bits per heavy atom. The van der Waals surface area contributed by atoms with Crippen molar-refractivity contribution in [1.82, 2.24) is 20.1 Å². The standard InChI is InChI=1S/C22H30N4O2/c1-6-9-23-21(28)15-7-8-19(24-13-15)26-17-11-22(4,5)12-18(27)20(17)16(25-26)10-14(2)3/h7-8,13-14H,6,9-12H2,1-5H3,(H,23,28). The highest BCUT2D eigenvalue weighted by Crippen LogP contribution is 2.37. The van der Waals surface area contributed by atoms with E-state index in [4.69, 9.17) is 5.10 Å². The van der Waals surface area contributed by atoms with Crippen LogP contribution in [-0.4, -0.2) is 33.0 Å². The SMILES string of the molecule is CCCNC(=O)c1ccc(-n2nc(CC(C)C)c3c2CC(C)(C)CC3=O)nc1. The number of nitrogens with zero attached hydrogens (tertiary/aromatic N) is 3. The van der Waals surface area contributed by atoms with Gasteiger partial charge in [-0.3, -0.25) is 9.59 Å². The number of aromatic nitrogens is 3. The van der Waals surface area contributed by atoms with Gasteiger partial charge in [-0.2, -0.15) is 5.10 Å². The van der Waals surface area contributed by atoms with E-state index in [1.807, 2.05) is 6.92 Å². The van der Waals surface area contributed by atoms with Gasteiger partial charge in [0.25, 0.3) is 5.91 Å². The number of hydrogen-bond acceptors (Lipinski definition) is 4. The van der Waals surface area contributed by atoms with E-state index < -0.39 is 0 Å². The lowest BCUT2D eigenvalue weighted by Gasteiger charge is -2.29. The van der Waals surface area contributed by atoms with Crippen LogP contribution >= 0.6 is 0 Å². The van der Waals surface area contributed by atoms with Gasteiger partial charge >= 0.3 is 0 Å². The van der Waals surface area contributed by atoms with E-state index in [0.29, 0.717) is 30.3 Å². The van der Waals surface area contributed by atoms with Crippen molar-refractivity contribution in [2.75, 3.05) is 6.54 Å². The molecule has 1 N–H and O–H groups in total. The van der Waals surface area contributed by atoms with Crippen molar-refractivity contribution in [2.45, 2.75) is 60.3 Å². The van der Waals surface area contributed by atoms with E-state index in [0.717, 1.165) is 36.2 Å². The quantitative estimate of drug-likeness (QED) is 0.825. The smallest absolute Gasteiger partial charge is 0.252 e. The minimum Gasteiger partial charge on any atom is -0.352 e. The first-order chi connectivity index (χ1) is 13.2. The Balaban J connectivity index is 2.00. The molecule has 0 bridgehead atoms. The second-order valence-corrected chi connectivity index (χ2v) is 8.88. The summed E-state index contributed by atoms with van der Waals surface area (Å²) in [5, 5.41) is 7.63. The van der Waals surface area contributed by atoms with Crippen molar-refractivity contribution in [1.29, 1.82) is 0 Å². The van der Waals surface area contributed by atoms with Crippen molar-refractivity contribution in [2.24, 2.45) is 11.3 Å². The Morgan fingerprint density at radius 3 is 2.64 bits per heavy atom. The van der Waals surface area contributed by atoms with Gasteiger partial charge in [-0.15, -0.1) is 0 Å². The topological polar surface area (TPSA) is 76.9 Å². The first-order valence-corrected chi connectivity index (χ1v) is 10.1. The van der Waals surface area contributed by atoms with E-state index in [2.05, 4.69) is 38.0 Å². The summed E-state index contributed by atoms with van der Waals surface area (Å²) in [6.07, 6.45) is 4.55. The molecule has 6 nitrogen and oxygen atoms in total. The molecule has 0 fully saturated rings. The minimum atomic E-state index is -0.125. The Morgan fingerprint density at radius 1 is 1.29 bits per heavy atom. The van der Waals surface area contributed by atoms with Gasteiger partial charge in [0.15, 0.2) is 11.6 Å². The number of carbonyl (C=O) groups excluding carboxylic acids is 2. The van der Waals surface area contributed by atoms with Gasteiger partial charge in [-0.05, 0) is 42.7 Å². The molecule has 1 aliphatic carbocycles. The zero-order valence-corrected chi connectivity index (χ0v) is 17.5. The number of hydrogen-bond donors (Lipinski definition) is 1. The Bertz CT molecular complexity index is 879. The molecular weight excluding hydrogens is 352 g/mol. The van der Waals surface area contributed by atoms with Crippen LogP contribution in [0.4, 0.5) is 0 Å². The van der Waals surface area contributed by atoms with Crippen LogP contribution in [0.2, 0.25) is 0 Å². The van der Waals surface area contributed by atoms with Crippen LogP contribution in [0.3, 0.4) is 0 Å². The molecule has 0 aliphatic heterocycles. The summed E-state index contributed by atoms with van der Waals surface area (Å²) in [7, 11) is 0. The summed E-state index contributed by atoms with van der Waals surface area (Å²) in [6, 6.07) is 3.57. The number of rotatable bonds is 6. The van der Waals surface area contributed by atoms with Crippen LogP contribution in [-0.2, 0) is 12.8 Å². The Kier molecular flexibility index (Phi) is 5.68. The number of fused-ring (bicyclic) bond motifs is 1. The second-order valence-electron chi connectivity index (χ2n) is 8.88. The van der Waals surface area contributed by atoms with Gasteiger partial charge in [0.05, 0.1) is 22.5 Å². The maximum atomic E-state index is 12.9. The average Bonchev–Trinajstić information content (AvgIpc) is 2.96. The van der Waals surface area contributed by atoms with Gasteiger partial charge in [0.2, 0.25) is 0 Å². The van der Waals surface area contributed by atoms with Crippen molar-refractivity contribution < 1.29 is 9.59 Å². The molecule has 150 valence electrons. The number of amides is 1. The first-order valence-electron chi connectivity index (χ1n) is 10.1. The van der Waals surface area contributed by atoms with Crippen molar-refractivity contribution in [3.05, 3.63) is 40.8 Å². The predicted octanol–water partition coefficient (Wildman–Crippen LogP) is 3.76. The summed E-state index contributed by atoms with van der Waals surface area (Å²) >= 11 is 0. The van der Waals surface area contributed by atoms with E-state index in [1.54, 1.807) is 23.0 Å². The number of carbonyl (C=O) groups is 2. The number of Topliss-reactive ketones (excluding diaryl/α,β-unsaturated/α-hetero) is 1. The summed E-state index contributed by atoms with van der Waals surface area (Å²) in [4.78, 5) is 29.5. The zero-order chi connectivity index (χ0) is 20.5. The van der Waals surface area contributed by atoms with Gasteiger partial charge < -0.3 is 5.32 Å². The van der Waals surface area contributed by atoms with E-state index in [1.165, 1.54) is 0 Å². The molecule has 1 amide bonds. The molecule has 2 heterocycles. The van der Waals surface area contributed by atoms with E-state index in [-0.39, 0.29) is 17.1 Å². The number of nitrogens with one attached hydrogen (secondary N) is 1. The largest absolute Gasteiger partial charge is 0.352 e. The lowest BCUT2D eigenvalue weighted by atomic mass is 9.75. The molecular formula is C22H30N4O2. The second kappa shape index (κ2) is 7.86. The van der Waals surface area contributed by atoms with Crippen LogP contribution in [0, 0.1) is 11.3 Å². The fourth-order valence-corrected chi connectivity index (χ4v) is 3.73. The number of ketones is 1. The molecule has 1 aliphatic rings. The third-order valence-electron chi connectivity index (χ3n) is 4.98. The van der Waals surface area contributed by atoms with Gasteiger partial charge in [-0.25, -0.2) is 9.67 Å². The third kappa shape index (κ3) is 4.16. The fraction of sp³-hybridized carbons (Fsp3) is 0.545. The normalized spacial score (nSPS) is 15.6. The van der Waals surface area contributed by atoms with Crippen molar-refractivity contribution in [3.63, 3.8) is 0 Å². The summed E-state index contributed by atoms with van der Waals surface area (Å²) in [5.41, 5.74) is 3.00. The van der Waals surface area contributed by atoms with Crippen LogP contribution in [0.25, 0.3) is 5.82 Å². The fourth-order valence-electron chi connectivity index (χ4n) is 3.73. The van der Waals surface area contributed by atoms with E-state index in [9.17, 15) is 9.59 Å². The molecule has 0 saturated carbocycles. The molecule has 6 heteroatoms. The molecule has 3 rings (SSSR count). The summed E-state index contributed by atoms with van der Waals surface area (Å²) in [6.45, 7) is 11.1. The lowest BCUT2D eigenvalue weighted by molar-refractivity contribution is 0.0908. The minimum absolute atomic E-state index is 0.100. The molecule has 0 atom stereocenters. The highest BCUT2D eigenvalue weighted by atomic mass is 16.1. The average molecular weight is 383 g/mol. The molecule has 2 aromatic rings. The van der Waals surface area contributed by atoms with Crippen LogP contribution in [0.5, 0.6) is 0 Å². The maximum absolute atomic E-state index is 12.9. The predicted molar refractivity (Wildman–Crippen MR) is 109 cm³/mol. The zero-order valence-electron chi connectivity index (χ0n) is 17.5. The van der Waals surface area contributed by atoms with Crippen LogP contribution in [0.1, 0.15) is 79.6 Å². The van der Waals surface area contributed by atoms with Crippen LogP contribution in [0.15, 0.2) is 18.3 Å². The third-order valence-corrected chi connectivity index (χ3v) is 4.98. The van der Waals surface area contributed by atoms with Gasteiger partial charge in [0, 0.05) is 19.2 Å². The molecule has 28 heavy (non-hydrogen) atoms. The molecule has 0 unspecified atom stereocenters. The Hall–Kier alpha value is -2.50. The number of pyridine rings is 1. The molecule has 2 aromatic heterocycles. The summed E-state index contributed by atoms with van der Waals surface area (Å²) in [5.74, 6) is 1.10. The highest BCUT2D eigenvalue weighted by molar-refractivity contribution is 6.00. The molecule has 0 aromatic carbocycles. The van der Waals surface area contributed by atoms with Crippen molar-refractivity contribution >= 4 is 11.7 Å². The summed E-state index contributed by atoms with van der Waals surface area (Å²) < 4.78 is 1.81. The lowest BCUT2D eigenvalue weighted by Crippen LogP contribution is -2.28. The molecule has 0 saturated heterocycles. The maximum Gasteiger partial charge on any atom is 0.252 e. The highest BCUT2D eigenvalue weighted by Gasteiger charge is 2.36. The monoisotopic (exact) mass is 382 g/mol. The van der Waals surface area contributed by atoms with E-state index >= 15 is 0 Å². The van der Waals surface area contributed by atoms with Gasteiger partial charge in [-0.1, -0.05) is 34.6 Å².